The average Bonchev–Trinajstić information content (AvgIpc) is 2.18. The zero-order chi connectivity index (χ0) is 10.6. The number of hydrogen-bond donors (Lipinski definition) is 2. The van der Waals surface area contributed by atoms with Gasteiger partial charge in [0.15, 0.2) is 0 Å². The maximum Gasteiger partial charge on any atom is 0.323 e. The molecule has 0 aliphatic carbocycles. The van der Waals surface area contributed by atoms with Crippen molar-refractivity contribution in [2.24, 2.45) is 11.7 Å². The third-order valence-corrected chi connectivity index (χ3v) is 2.76. The smallest absolute Gasteiger partial charge is 0.323 e. The second-order valence-electron chi connectivity index (χ2n) is 3.65. The van der Waals surface area contributed by atoms with Crippen LogP contribution in [0, 0.1) is 5.92 Å². The van der Waals surface area contributed by atoms with Gasteiger partial charge in [-0.05, 0) is 31.7 Å². The van der Waals surface area contributed by atoms with Crippen molar-refractivity contribution >= 4 is 5.97 Å². The van der Waals surface area contributed by atoms with Crippen molar-refractivity contribution in [3.8, 4) is 0 Å². The molecule has 5 heteroatoms. The molecule has 2 unspecified atom stereocenters. The Hall–Kier alpha value is -0.650. The summed E-state index contributed by atoms with van der Waals surface area (Å²) in [5, 5.41) is 10.5. The molecule has 1 saturated heterocycles. The van der Waals surface area contributed by atoms with E-state index >= 15 is 0 Å². The summed E-state index contributed by atoms with van der Waals surface area (Å²) in [5.74, 6) is -0.388. The van der Waals surface area contributed by atoms with Gasteiger partial charge in [0.05, 0.1) is 7.11 Å². The summed E-state index contributed by atoms with van der Waals surface area (Å²) < 4.78 is 0. The number of nitrogens with zero attached hydrogens (tertiary/aromatic N) is 1. The lowest BCUT2D eigenvalue weighted by Gasteiger charge is -2.35. The van der Waals surface area contributed by atoms with E-state index in [1.54, 1.807) is 0 Å². The second kappa shape index (κ2) is 5.29. The summed E-state index contributed by atoms with van der Waals surface area (Å²) in [6, 6.07) is -0.509. The van der Waals surface area contributed by atoms with Gasteiger partial charge >= 0.3 is 5.97 Å². The SMILES string of the molecule is CON1CCC(CCN)CC1C(=O)O. The van der Waals surface area contributed by atoms with Crippen LogP contribution in [-0.4, -0.2) is 42.4 Å². The monoisotopic (exact) mass is 202 g/mol. The van der Waals surface area contributed by atoms with E-state index in [-0.39, 0.29) is 0 Å². The Kier molecular flexibility index (Phi) is 4.31. The lowest BCUT2D eigenvalue weighted by atomic mass is 9.89. The Morgan fingerprint density at radius 2 is 2.43 bits per heavy atom. The molecular formula is C9H18N2O3. The van der Waals surface area contributed by atoms with E-state index < -0.39 is 12.0 Å². The first-order valence-electron chi connectivity index (χ1n) is 4.92. The number of aliphatic carboxylic acids is 1. The number of carboxylic acid groups (broad SMARTS) is 1. The first kappa shape index (κ1) is 11.4. The highest BCUT2D eigenvalue weighted by Crippen LogP contribution is 2.25. The van der Waals surface area contributed by atoms with Crippen molar-refractivity contribution in [1.29, 1.82) is 0 Å². The van der Waals surface area contributed by atoms with Gasteiger partial charge in [0.2, 0.25) is 0 Å². The van der Waals surface area contributed by atoms with E-state index in [1.165, 1.54) is 12.2 Å². The molecule has 0 aromatic rings. The standard InChI is InChI=1S/C9H18N2O3/c1-14-11-5-3-7(2-4-10)6-8(11)9(12)13/h7-8H,2-6,10H2,1H3,(H,12,13). The Labute approximate surface area is 83.8 Å². The number of carbonyl (C=O) groups is 1. The topological polar surface area (TPSA) is 75.8 Å². The van der Waals surface area contributed by atoms with Gasteiger partial charge in [0.25, 0.3) is 0 Å². The van der Waals surface area contributed by atoms with Crippen molar-refractivity contribution in [1.82, 2.24) is 5.06 Å². The van der Waals surface area contributed by atoms with Gasteiger partial charge in [-0.3, -0.25) is 4.79 Å². The number of rotatable bonds is 4. The summed E-state index contributed by atoms with van der Waals surface area (Å²) in [6.07, 6.45) is 2.51. The van der Waals surface area contributed by atoms with Crippen LogP contribution in [0.1, 0.15) is 19.3 Å². The maximum atomic E-state index is 10.9. The second-order valence-corrected chi connectivity index (χ2v) is 3.65. The van der Waals surface area contributed by atoms with Crippen LogP contribution in [0.15, 0.2) is 0 Å². The Bertz CT molecular complexity index is 198. The highest BCUT2D eigenvalue weighted by molar-refractivity contribution is 5.73. The van der Waals surface area contributed by atoms with Gasteiger partial charge in [-0.2, -0.15) is 5.06 Å². The first-order chi connectivity index (χ1) is 6.69. The molecule has 0 saturated carbocycles. The molecule has 1 aliphatic heterocycles. The molecule has 0 amide bonds. The zero-order valence-corrected chi connectivity index (χ0v) is 8.48. The molecule has 82 valence electrons. The quantitative estimate of drug-likeness (QED) is 0.674. The summed E-state index contributed by atoms with van der Waals surface area (Å²) in [4.78, 5) is 15.9. The lowest BCUT2D eigenvalue weighted by Crippen LogP contribution is -2.46. The van der Waals surface area contributed by atoms with Crippen LogP contribution in [0.5, 0.6) is 0 Å². The predicted octanol–water partition coefficient (Wildman–Crippen LogP) is 0.0618. The fraction of sp³-hybridized carbons (Fsp3) is 0.889. The van der Waals surface area contributed by atoms with Crippen LogP contribution in [0.3, 0.4) is 0 Å². The van der Waals surface area contributed by atoms with Crippen LogP contribution in [0.2, 0.25) is 0 Å². The summed E-state index contributed by atoms with van der Waals surface area (Å²) >= 11 is 0. The van der Waals surface area contributed by atoms with Gasteiger partial charge in [0, 0.05) is 6.54 Å². The van der Waals surface area contributed by atoms with Gasteiger partial charge < -0.3 is 15.7 Å². The van der Waals surface area contributed by atoms with Crippen molar-refractivity contribution in [3.63, 3.8) is 0 Å². The van der Waals surface area contributed by atoms with E-state index in [0.29, 0.717) is 25.4 Å². The van der Waals surface area contributed by atoms with Crippen molar-refractivity contribution in [2.45, 2.75) is 25.3 Å². The molecule has 0 spiro atoms. The highest BCUT2D eigenvalue weighted by atomic mass is 16.7. The maximum absolute atomic E-state index is 10.9. The van der Waals surface area contributed by atoms with Gasteiger partial charge in [-0.15, -0.1) is 0 Å². The van der Waals surface area contributed by atoms with Crippen LogP contribution in [0.25, 0.3) is 0 Å². The first-order valence-corrected chi connectivity index (χ1v) is 4.92. The lowest BCUT2D eigenvalue weighted by molar-refractivity contribution is -0.197. The average molecular weight is 202 g/mol. The van der Waals surface area contributed by atoms with Crippen LogP contribution in [-0.2, 0) is 9.63 Å². The van der Waals surface area contributed by atoms with Crippen LogP contribution < -0.4 is 5.73 Å². The minimum absolute atomic E-state index is 0.424. The molecule has 0 bridgehead atoms. The van der Waals surface area contributed by atoms with Gasteiger partial charge in [-0.1, -0.05) is 0 Å². The normalized spacial score (nSPS) is 29.0. The molecule has 1 aliphatic rings. The molecule has 0 aromatic carbocycles. The van der Waals surface area contributed by atoms with Crippen molar-refractivity contribution < 1.29 is 14.7 Å². The van der Waals surface area contributed by atoms with Crippen LogP contribution in [0.4, 0.5) is 0 Å². The summed E-state index contributed by atoms with van der Waals surface area (Å²) in [5.41, 5.74) is 5.46. The predicted molar refractivity (Wildman–Crippen MR) is 51.5 cm³/mol. The number of carboxylic acids is 1. The Morgan fingerprint density at radius 3 is 2.93 bits per heavy atom. The van der Waals surface area contributed by atoms with Crippen molar-refractivity contribution in [2.75, 3.05) is 20.2 Å². The number of hydrogen-bond acceptors (Lipinski definition) is 4. The molecule has 1 rings (SSSR count). The van der Waals surface area contributed by atoms with Gasteiger partial charge in [-0.25, -0.2) is 0 Å². The molecule has 3 N–H and O–H groups in total. The molecule has 1 heterocycles. The third kappa shape index (κ3) is 2.67. The molecule has 5 nitrogen and oxygen atoms in total. The van der Waals surface area contributed by atoms with Crippen molar-refractivity contribution in [3.05, 3.63) is 0 Å². The van der Waals surface area contributed by atoms with E-state index in [1.807, 2.05) is 0 Å². The summed E-state index contributed by atoms with van der Waals surface area (Å²) in [7, 11) is 1.51. The zero-order valence-electron chi connectivity index (χ0n) is 8.48. The Balaban J connectivity index is 2.52. The summed E-state index contributed by atoms with van der Waals surface area (Å²) in [6.45, 7) is 1.31. The van der Waals surface area contributed by atoms with Gasteiger partial charge in [0.1, 0.15) is 6.04 Å². The molecule has 14 heavy (non-hydrogen) atoms. The van der Waals surface area contributed by atoms with E-state index in [4.69, 9.17) is 15.7 Å². The molecule has 0 aromatic heterocycles. The van der Waals surface area contributed by atoms with Crippen LogP contribution >= 0.6 is 0 Å². The Morgan fingerprint density at radius 1 is 1.71 bits per heavy atom. The highest BCUT2D eigenvalue weighted by Gasteiger charge is 2.33. The molecule has 2 atom stereocenters. The number of piperidine rings is 1. The number of nitrogens with two attached hydrogens (primary N) is 1. The molecule has 0 radical (unpaired) electrons. The fourth-order valence-electron chi connectivity index (χ4n) is 1.96. The fourth-order valence-corrected chi connectivity index (χ4v) is 1.96. The molecule has 1 fully saturated rings. The minimum atomic E-state index is -0.812. The largest absolute Gasteiger partial charge is 0.480 e. The minimum Gasteiger partial charge on any atom is -0.480 e. The molecular weight excluding hydrogens is 184 g/mol. The van der Waals surface area contributed by atoms with E-state index in [9.17, 15) is 4.79 Å². The number of hydroxylamine groups is 2. The van der Waals surface area contributed by atoms with E-state index in [2.05, 4.69) is 0 Å². The van der Waals surface area contributed by atoms with E-state index in [0.717, 1.165) is 12.8 Å². The third-order valence-electron chi connectivity index (χ3n) is 2.76.